The number of hydrogen-bond donors (Lipinski definition) is 0. The van der Waals surface area contributed by atoms with Crippen LogP contribution in [0, 0.1) is 5.41 Å². The molecule has 0 saturated carbocycles. The van der Waals surface area contributed by atoms with Crippen LogP contribution in [0.1, 0.15) is 48.6 Å². The van der Waals surface area contributed by atoms with Gasteiger partial charge in [0, 0.05) is 22.1 Å². The van der Waals surface area contributed by atoms with Gasteiger partial charge in [0.25, 0.3) is 0 Å². The molecule has 0 saturated heterocycles. The minimum atomic E-state index is -1.00. The number of ketones is 1. The zero-order chi connectivity index (χ0) is 45.5. The molecule has 318 valence electrons. The summed E-state index contributed by atoms with van der Waals surface area (Å²) in [4.78, 5) is 16.3. The van der Waals surface area contributed by atoms with Crippen LogP contribution >= 0.6 is 0 Å². The molecule has 0 aromatic heterocycles. The molecule has 0 amide bonds. The molecule has 0 unspecified atom stereocenters. The number of allylic oxidation sites excluding steroid dienone is 1. The molecule has 0 atom stereocenters. The van der Waals surface area contributed by atoms with Gasteiger partial charge in [-0.1, -0.05) is 51.1 Å². The number of carbonyl (C=O) groups is 1. The van der Waals surface area contributed by atoms with Crippen LogP contribution in [0.4, 0.5) is 0 Å². The number of ether oxygens (including phenoxy) is 1. The molecule has 2 spiro atoms. The number of hydrogen-bond acceptors (Lipinski definition) is 2. The monoisotopic (exact) mass is 922 g/mol. The summed E-state index contributed by atoms with van der Waals surface area (Å²) in [6, 6.07) is 11.3. The molecule has 0 bridgehead atoms. The van der Waals surface area contributed by atoms with Crippen LogP contribution in [-0.2, 0) is 20.5 Å². The summed E-state index contributed by atoms with van der Waals surface area (Å²) in [6.45, 7) is 6.41. The largest absolute Gasteiger partial charge is 0.472 e. The second kappa shape index (κ2) is 6.56. The van der Waals surface area contributed by atoms with Gasteiger partial charge >= 0.3 is 0 Å². The lowest BCUT2D eigenvalue weighted by Crippen LogP contribution is -2.50. The molecule has 0 radical (unpaired) electrons. The van der Waals surface area contributed by atoms with Crippen LogP contribution < -0.4 is 0 Å². The van der Waals surface area contributed by atoms with Crippen molar-refractivity contribution in [2.45, 2.75) is 31.8 Å². The molecule has 2 heteroatoms. The third-order valence-corrected chi connectivity index (χ3v) is 26.0. The minimum Gasteiger partial charge on any atom is -0.472 e. The lowest BCUT2D eigenvalue weighted by Gasteiger charge is -2.49. The molecule has 4 aliphatic carbocycles. The molecule has 2 nitrogen and oxygen atoms in total. The fourth-order valence-electron chi connectivity index (χ4n) is 25.6. The van der Waals surface area contributed by atoms with Crippen LogP contribution in [-0.4, -0.2) is 5.78 Å². The van der Waals surface area contributed by atoms with Crippen molar-refractivity contribution in [3.8, 4) is 0 Å². The van der Waals surface area contributed by atoms with Crippen molar-refractivity contribution < 1.29 is 9.53 Å². The Kier molecular flexibility index (Phi) is 2.53. The minimum absolute atomic E-state index is 0.123. The van der Waals surface area contributed by atoms with Gasteiger partial charge in [0.15, 0.2) is 11.4 Å². The van der Waals surface area contributed by atoms with E-state index in [4.69, 9.17) is 4.74 Å². The van der Waals surface area contributed by atoms with Crippen LogP contribution in [0.3, 0.4) is 0 Å². The van der Waals surface area contributed by atoms with Gasteiger partial charge in [-0.3, -0.25) is 4.79 Å². The molecule has 75 heavy (non-hydrogen) atoms. The van der Waals surface area contributed by atoms with Gasteiger partial charge < -0.3 is 4.74 Å². The lowest BCUT2D eigenvalue weighted by atomic mass is 9.52. The van der Waals surface area contributed by atoms with Crippen molar-refractivity contribution in [2.75, 3.05) is 0 Å². The smallest absolute Gasteiger partial charge is 0.203 e. The molecule has 1 heterocycles. The Hall–Kier alpha value is -9.11. The summed E-state index contributed by atoms with van der Waals surface area (Å²) in [6.07, 6.45) is 0. The Morgan fingerprint density at radius 3 is 0.707 bits per heavy atom. The Labute approximate surface area is 410 Å². The van der Waals surface area contributed by atoms with E-state index < -0.39 is 16.4 Å². The quantitative estimate of drug-likeness (QED) is 0.162. The fraction of sp³-hybridized carbons (Fsp3) is 0.0822. The van der Waals surface area contributed by atoms with Crippen molar-refractivity contribution in [1.82, 2.24) is 0 Å². The van der Waals surface area contributed by atoms with E-state index in [0.29, 0.717) is 5.76 Å². The van der Waals surface area contributed by atoms with E-state index in [0.717, 1.165) is 11.1 Å². The third-order valence-electron chi connectivity index (χ3n) is 26.0. The van der Waals surface area contributed by atoms with Gasteiger partial charge in [0.05, 0.1) is 0 Å². The first-order chi connectivity index (χ1) is 37.0. The predicted molar refractivity (Wildman–Crippen MR) is 313 cm³/mol. The highest BCUT2D eigenvalue weighted by Gasteiger charge is 2.76. The normalized spacial score (nSPS) is 22.0. The standard InChI is InChI=1S/C73H14O2/c1-71(2,3)70(74)69-64(9-7-5-4-6-8-9)72-65-56-48-38-28-20-12-10-11-14-18-16(12)24-32-26(18)36-30-22(14)23-15(11)19-17-13(10)21(20)29-35-25(17)33-27(19)37-31(23)41-40(30)52-46(36)54-44(32)50(42(48)34(24)28)58(65)60(54)67-62(52)63-53(41)47(37)55-45(33)51-43(35)49(39(29)38)57(56)66(72)59(51)61(55)68(63)73(67,72)75-69/h4-8H,1-3H3. The third kappa shape index (κ3) is 1.60. The first-order valence-corrected chi connectivity index (χ1v) is 27.8. The van der Waals surface area contributed by atoms with E-state index in [-0.39, 0.29) is 5.78 Å². The molecular weight excluding hydrogens is 909 g/mol. The van der Waals surface area contributed by atoms with E-state index >= 15 is 4.79 Å². The lowest BCUT2D eigenvalue weighted by molar-refractivity contribution is -0.128. The molecule has 29 aromatic rings. The topological polar surface area (TPSA) is 26.3 Å². The van der Waals surface area contributed by atoms with Gasteiger partial charge in [0.2, 0.25) is 5.78 Å². The predicted octanol–water partition coefficient (Wildman–Crippen LogP) is 19.3. The number of carbonyl (C=O) groups excluding carboxylic acids is 1. The maximum absolute atomic E-state index is 16.3. The second-order valence-corrected chi connectivity index (χ2v) is 27.9. The van der Waals surface area contributed by atoms with Crippen molar-refractivity contribution in [3.05, 3.63) is 63.9 Å². The van der Waals surface area contributed by atoms with Gasteiger partial charge in [-0.15, -0.1) is 0 Å². The average molecular weight is 923 g/mol. The fourth-order valence-corrected chi connectivity index (χ4v) is 25.6. The van der Waals surface area contributed by atoms with Crippen LogP contribution in [0.25, 0.3) is 296 Å². The summed E-state index contributed by atoms with van der Waals surface area (Å²) < 4.78 is 8.73. The first kappa shape index (κ1) is 29.0. The Morgan fingerprint density at radius 2 is 0.493 bits per heavy atom. The van der Waals surface area contributed by atoms with Crippen molar-refractivity contribution in [1.29, 1.82) is 0 Å². The van der Waals surface area contributed by atoms with Crippen molar-refractivity contribution in [2.24, 2.45) is 5.41 Å². The van der Waals surface area contributed by atoms with E-state index in [1.165, 1.54) is 86.9 Å². The highest BCUT2D eigenvalue weighted by atomic mass is 16.5. The van der Waals surface area contributed by atoms with Gasteiger partial charge in [-0.2, -0.15) is 0 Å². The number of rotatable bonds is 2. The summed E-state index contributed by atoms with van der Waals surface area (Å²) >= 11 is 0. The second-order valence-electron chi connectivity index (χ2n) is 27.9. The highest BCUT2D eigenvalue weighted by molar-refractivity contribution is 6.82. The Morgan fingerprint density at radius 1 is 0.293 bits per heavy atom. The summed E-state index contributed by atoms with van der Waals surface area (Å²) in [5.74, 6) is 0.737. The van der Waals surface area contributed by atoms with Crippen LogP contribution in [0.5, 0.6) is 0 Å². The van der Waals surface area contributed by atoms with Gasteiger partial charge in [-0.05, 0) is 308 Å². The Bertz CT molecular complexity index is 7500. The van der Waals surface area contributed by atoms with E-state index in [2.05, 4.69) is 51.1 Å². The first-order valence-electron chi connectivity index (χ1n) is 27.8. The molecule has 5 aliphatic rings. The zero-order valence-corrected chi connectivity index (χ0v) is 39.2. The molecule has 29 aromatic carbocycles. The SMILES string of the molecule is CC(C)(C)C(=O)C1=C(c2ccccc2)C23c4c5c6c7c8c9c(c%10c%11c2c2c4c4c%12c5c5c6c6c8c8c%13c9c9c%10c%10c%11c%11c2c2c4c4c%12c%12c5c5c6c8c6c8c%13c9c9c%10c%10c%11c2c2c4c4c%12c5c6c5c8c9c%10c2c45)C73O1. The molecule has 0 N–H and O–H groups in total. The van der Waals surface area contributed by atoms with E-state index in [1.807, 2.05) is 0 Å². The highest BCUT2D eigenvalue weighted by Crippen LogP contribution is 2.87. The number of Topliss-reactive ketones (excluding diaryl/α,β-unsaturated/α-hetero) is 1. The molecule has 0 fully saturated rings. The Balaban J connectivity index is 1.14. The summed E-state index contributed by atoms with van der Waals surface area (Å²) in [7, 11) is 0. The van der Waals surface area contributed by atoms with Crippen LogP contribution in [0.2, 0.25) is 0 Å². The van der Waals surface area contributed by atoms with Gasteiger partial charge in [-0.25, -0.2) is 0 Å². The van der Waals surface area contributed by atoms with Crippen molar-refractivity contribution in [3.63, 3.8) is 0 Å². The molecule has 34 rings (SSSR count). The van der Waals surface area contributed by atoms with Gasteiger partial charge in [0.1, 0.15) is 5.41 Å². The maximum Gasteiger partial charge on any atom is 0.203 e. The molecular formula is C73H14O2. The zero-order valence-electron chi connectivity index (χ0n) is 39.2. The average Bonchev–Trinajstić information content (AvgIpc) is 2.97. The summed E-state index contributed by atoms with van der Waals surface area (Å²) in [5.41, 5.74) is 5.59. The maximum atomic E-state index is 16.3. The number of benzene rings is 19. The van der Waals surface area contributed by atoms with E-state index in [1.54, 1.807) is 226 Å². The van der Waals surface area contributed by atoms with Crippen LogP contribution in [0.15, 0.2) is 36.1 Å². The van der Waals surface area contributed by atoms with E-state index in [9.17, 15) is 0 Å². The van der Waals surface area contributed by atoms with Crippen molar-refractivity contribution >= 4 is 302 Å². The molecule has 1 aliphatic heterocycles. The summed E-state index contributed by atoms with van der Waals surface area (Å²) in [5, 5.41) is 84.5.